The van der Waals surface area contributed by atoms with Gasteiger partial charge in [-0.05, 0) is 25.1 Å². The molecule has 0 atom stereocenters. The average molecular weight is 213 g/mol. The van der Waals surface area contributed by atoms with Crippen LogP contribution in [-0.2, 0) is 9.59 Å². The molecule has 0 aromatic carbocycles. The lowest BCUT2D eigenvalue weighted by molar-refractivity contribution is -0.115. The van der Waals surface area contributed by atoms with Crippen molar-refractivity contribution in [3.05, 3.63) is 35.7 Å². The SMILES string of the molecule is CC#CNC(=O)/C([C]=O)=C/c1ccccn1. The van der Waals surface area contributed by atoms with E-state index in [1.54, 1.807) is 37.6 Å². The summed E-state index contributed by atoms with van der Waals surface area (Å²) in [6.07, 6.45) is 4.46. The minimum atomic E-state index is -0.588. The van der Waals surface area contributed by atoms with Gasteiger partial charge in [-0.3, -0.25) is 19.9 Å². The number of aromatic nitrogens is 1. The number of nitrogens with one attached hydrogen (secondary N) is 1. The molecule has 0 saturated heterocycles. The van der Waals surface area contributed by atoms with Gasteiger partial charge in [0.2, 0.25) is 6.29 Å². The molecule has 1 radical (unpaired) electrons. The fourth-order valence-corrected chi connectivity index (χ4v) is 0.937. The van der Waals surface area contributed by atoms with Crippen molar-refractivity contribution in [1.82, 2.24) is 10.3 Å². The maximum absolute atomic E-state index is 11.4. The highest BCUT2D eigenvalue weighted by molar-refractivity contribution is 6.14. The molecule has 0 aliphatic carbocycles. The summed E-state index contributed by atoms with van der Waals surface area (Å²) >= 11 is 0. The Labute approximate surface area is 93.4 Å². The molecule has 1 aromatic rings. The van der Waals surface area contributed by atoms with Gasteiger partial charge in [-0.15, -0.1) is 0 Å². The van der Waals surface area contributed by atoms with Gasteiger partial charge in [-0.25, -0.2) is 0 Å². The van der Waals surface area contributed by atoms with Gasteiger partial charge in [0.25, 0.3) is 5.91 Å². The van der Waals surface area contributed by atoms with Gasteiger partial charge in [-0.1, -0.05) is 12.0 Å². The molecule has 1 N–H and O–H groups in total. The number of carbonyl (C=O) groups excluding carboxylic acids is 2. The molecule has 1 rings (SSSR count). The smallest absolute Gasteiger partial charge is 0.266 e. The van der Waals surface area contributed by atoms with Crippen molar-refractivity contribution in [3.8, 4) is 12.0 Å². The van der Waals surface area contributed by atoms with Crippen molar-refractivity contribution in [2.24, 2.45) is 0 Å². The third kappa shape index (κ3) is 3.39. The second-order valence-electron chi connectivity index (χ2n) is 2.74. The molecule has 16 heavy (non-hydrogen) atoms. The van der Waals surface area contributed by atoms with E-state index in [2.05, 4.69) is 22.3 Å². The molecule has 79 valence electrons. The first-order valence-electron chi connectivity index (χ1n) is 4.51. The van der Waals surface area contributed by atoms with Crippen molar-refractivity contribution in [1.29, 1.82) is 0 Å². The Morgan fingerprint density at radius 1 is 1.50 bits per heavy atom. The zero-order valence-corrected chi connectivity index (χ0v) is 8.65. The molecule has 0 fully saturated rings. The van der Waals surface area contributed by atoms with Gasteiger partial charge in [0.15, 0.2) is 0 Å². The first-order chi connectivity index (χ1) is 7.77. The fourth-order valence-electron chi connectivity index (χ4n) is 0.937. The molecule has 0 saturated carbocycles. The van der Waals surface area contributed by atoms with Crippen molar-refractivity contribution < 1.29 is 9.59 Å². The molecule has 0 aliphatic heterocycles. The zero-order chi connectivity index (χ0) is 11.8. The maximum atomic E-state index is 11.4. The average Bonchev–Trinajstić information content (AvgIpc) is 2.34. The molecular weight excluding hydrogens is 204 g/mol. The Morgan fingerprint density at radius 3 is 2.88 bits per heavy atom. The van der Waals surface area contributed by atoms with Gasteiger partial charge >= 0.3 is 0 Å². The molecule has 0 aliphatic rings. The van der Waals surface area contributed by atoms with E-state index in [1.807, 2.05) is 0 Å². The summed E-state index contributed by atoms with van der Waals surface area (Å²) in [6, 6.07) is 7.53. The minimum absolute atomic E-state index is 0.138. The van der Waals surface area contributed by atoms with Crippen LogP contribution in [0.25, 0.3) is 6.08 Å². The van der Waals surface area contributed by atoms with Crippen LogP contribution < -0.4 is 5.32 Å². The highest BCUT2D eigenvalue weighted by atomic mass is 16.2. The summed E-state index contributed by atoms with van der Waals surface area (Å²) in [5.41, 5.74) is 0.377. The van der Waals surface area contributed by atoms with Crippen LogP contribution in [0.3, 0.4) is 0 Å². The van der Waals surface area contributed by atoms with Crippen LogP contribution in [0.4, 0.5) is 0 Å². The van der Waals surface area contributed by atoms with Crippen molar-refractivity contribution >= 4 is 18.3 Å². The van der Waals surface area contributed by atoms with Gasteiger partial charge in [0, 0.05) is 12.2 Å². The summed E-state index contributed by atoms with van der Waals surface area (Å²) in [7, 11) is 0. The van der Waals surface area contributed by atoms with Crippen LogP contribution in [0.1, 0.15) is 12.6 Å². The Kier molecular flexibility index (Phi) is 4.48. The largest absolute Gasteiger partial charge is 0.285 e. The Hall–Kier alpha value is -2.41. The van der Waals surface area contributed by atoms with Crippen LogP contribution in [0.15, 0.2) is 30.0 Å². The van der Waals surface area contributed by atoms with Crippen molar-refractivity contribution in [2.45, 2.75) is 6.92 Å². The summed E-state index contributed by atoms with van der Waals surface area (Å²) in [6.45, 7) is 1.58. The van der Waals surface area contributed by atoms with E-state index in [0.717, 1.165) is 0 Å². The van der Waals surface area contributed by atoms with Crippen LogP contribution in [0, 0.1) is 12.0 Å². The lowest BCUT2D eigenvalue weighted by Crippen LogP contribution is -2.20. The molecule has 4 nitrogen and oxygen atoms in total. The lowest BCUT2D eigenvalue weighted by atomic mass is 10.2. The number of hydrogen-bond donors (Lipinski definition) is 1. The second-order valence-corrected chi connectivity index (χ2v) is 2.74. The van der Waals surface area contributed by atoms with E-state index < -0.39 is 5.91 Å². The number of nitrogens with zero attached hydrogens (tertiary/aromatic N) is 1. The number of carbonyl (C=O) groups is 1. The number of amides is 1. The van der Waals surface area contributed by atoms with Crippen LogP contribution in [0.2, 0.25) is 0 Å². The van der Waals surface area contributed by atoms with E-state index >= 15 is 0 Å². The molecule has 1 aromatic heterocycles. The topological polar surface area (TPSA) is 59.1 Å². The van der Waals surface area contributed by atoms with E-state index in [4.69, 9.17) is 0 Å². The summed E-state index contributed by atoms with van der Waals surface area (Å²) in [5, 5.41) is 2.24. The highest BCUT2D eigenvalue weighted by Crippen LogP contribution is 2.01. The standard InChI is InChI=1S/C12H9N2O2/c1-2-6-14-12(16)10(9-15)8-11-5-3-4-7-13-11/h3-5,7-8H,1H3,(H,14,16)/b10-8+. The van der Waals surface area contributed by atoms with Crippen molar-refractivity contribution in [2.75, 3.05) is 0 Å². The Morgan fingerprint density at radius 2 is 2.31 bits per heavy atom. The normalized spacial score (nSPS) is 9.94. The Bertz CT molecular complexity index is 467. The first kappa shape index (κ1) is 11.7. The highest BCUT2D eigenvalue weighted by Gasteiger charge is 2.07. The minimum Gasteiger partial charge on any atom is -0.285 e. The summed E-state index contributed by atoms with van der Waals surface area (Å²) in [4.78, 5) is 25.9. The first-order valence-corrected chi connectivity index (χ1v) is 4.51. The third-order valence-electron chi connectivity index (χ3n) is 1.64. The van der Waals surface area contributed by atoms with Gasteiger partial charge < -0.3 is 0 Å². The fraction of sp³-hybridized carbons (Fsp3) is 0.0833. The van der Waals surface area contributed by atoms with E-state index in [0.29, 0.717) is 5.69 Å². The van der Waals surface area contributed by atoms with Crippen LogP contribution in [-0.4, -0.2) is 17.2 Å². The quantitative estimate of drug-likeness (QED) is 0.264. The van der Waals surface area contributed by atoms with Crippen molar-refractivity contribution in [3.63, 3.8) is 0 Å². The maximum Gasteiger partial charge on any atom is 0.266 e. The molecule has 0 bridgehead atoms. The predicted molar refractivity (Wildman–Crippen MR) is 59.5 cm³/mol. The lowest BCUT2D eigenvalue weighted by Gasteiger charge is -1.96. The predicted octanol–water partition coefficient (Wildman–Crippen LogP) is 0.672. The second kappa shape index (κ2) is 6.14. The Balaban J connectivity index is 2.89. The number of hydrogen-bond acceptors (Lipinski definition) is 3. The van der Waals surface area contributed by atoms with Gasteiger partial charge in [-0.2, -0.15) is 0 Å². The van der Waals surface area contributed by atoms with Gasteiger partial charge in [0.05, 0.1) is 11.3 Å². The van der Waals surface area contributed by atoms with E-state index in [-0.39, 0.29) is 5.57 Å². The van der Waals surface area contributed by atoms with E-state index in [9.17, 15) is 9.59 Å². The molecule has 1 heterocycles. The summed E-state index contributed by atoms with van der Waals surface area (Å²) < 4.78 is 0. The molecule has 4 heteroatoms. The number of pyridine rings is 1. The monoisotopic (exact) mass is 213 g/mol. The molecule has 0 unspecified atom stereocenters. The zero-order valence-electron chi connectivity index (χ0n) is 8.65. The summed E-state index contributed by atoms with van der Waals surface area (Å²) in [5.74, 6) is 1.90. The molecule has 1 amide bonds. The molecular formula is C12H9N2O2. The third-order valence-corrected chi connectivity index (χ3v) is 1.64. The van der Waals surface area contributed by atoms with Crippen LogP contribution in [0.5, 0.6) is 0 Å². The number of rotatable bonds is 3. The molecule has 0 spiro atoms. The van der Waals surface area contributed by atoms with E-state index in [1.165, 1.54) is 6.08 Å². The van der Waals surface area contributed by atoms with Gasteiger partial charge in [0.1, 0.15) is 0 Å². The van der Waals surface area contributed by atoms with Crippen LogP contribution >= 0.6 is 0 Å².